The van der Waals surface area contributed by atoms with Crippen molar-refractivity contribution in [2.45, 2.75) is 19.6 Å². The second-order valence-corrected chi connectivity index (χ2v) is 22.9. The Morgan fingerprint density at radius 3 is 1.23 bits per heavy atom. The Labute approximate surface area is 475 Å². The highest BCUT2D eigenvalue weighted by atomic mass is 32.3. The Morgan fingerprint density at radius 1 is 0.253 bits per heavy atom. The van der Waals surface area contributed by atoms with E-state index in [9.17, 15) is 0 Å². The normalized spacial score (nSPS) is 12.0. The van der Waals surface area contributed by atoms with E-state index < -0.39 is 10.0 Å². The molecule has 79 heavy (non-hydrogen) atoms. The van der Waals surface area contributed by atoms with Crippen LogP contribution in [0.15, 0.2) is 238 Å². The van der Waals surface area contributed by atoms with Gasteiger partial charge in [0, 0.05) is 57.9 Å². The first-order valence-electron chi connectivity index (χ1n) is 25.7. The Kier molecular flexibility index (Phi) is 12.6. The Bertz CT molecular complexity index is 4450. The van der Waals surface area contributed by atoms with Crippen LogP contribution in [0.3, 0.4) is 0 Å². The van der Waals surface area contributed by atoms with Gasteiger partial charge >= 0.3 is 0 Å². The Hall–Kier alpha value is -7.98. The van der Waals surface area contributed by atoms with Gasteiger partial charge in [-0.1, -0.05) is 161 Å². The van der Waals surface area contributed by atoms with Gasteiger partial charge in [-0.2, -0.15) is 0 Å². The Balaban J connectivity index is 1.16. The van der Waals surface area contributed by atoms with Crippen molar-refractivity contribution in [1.29, 1.82) is 0 Å². The van der Waals surface area contributed by atoms with Gasteiger partial charge in [-0.15, -0.1) is 42.8 Å². The maximum absolute atomic E-state index is 7.28. The monoisotopic (exact) mass is 998 g/mol. The molecule has 0 N–H and O–H groups in total. The standard InChI is InChI=1S/C66H36B10N2S/c67-55-54(56(68)58(70)59(71)57(55)69)48-36-42(79(39-20-7-2-8-21-39,40-22-9-3-10-23-40)41-24-11-4-12-25-41)35-46(37-18-5-1-6-19-37)65(48)77-49-29-15-13-26-44(49)47-34-38(32-33-51(47)77)43-28-17-31-52-53(43)45-27-14-16-30-50(45)78(52)66-63(75)61(73)60(72)62(74)64(66)76/h1-36H. The number of para-hydroxylation sites is 2. The summed E-state index contributed by atoms with van der Waals surface area (Å²) in [6.45, 7) is 0. The first-order valence-corrected chi connectivity index (χ1v) is 27.4. The second-order valence-electron chi connectivity index (χ2n) is 19.8. The van der Waals surface area contributed by atoms with Crippen LogP contribution in [0.1, 0.15) is 0 Å². The lowest BCUT2D eigenvalue weighted by Crippen LogP contribution is -2.56. The smallest absolute Gasteiger partial charge is 0.115 e. The molecule has 0 aliphatic carbocycles. The van der Waals surface area contributed by atoms with Crippen LogP contribution in [0.2, 0.25) is 0 Å². The van der Waals surface area contributed by atoms with Gasteiger partial charge < -0.3 is 9.13 Å². The molecular weight excluding hydrogens is 961 g/mol. The van der Waals surface area contributed by atoms with E-state index in [1.165, 1.54) is 0 Å². The number of nitrogens with zero attached hydrogens (tertiary/aromatic N) is 2. The van der Waals surface area contributed by atoms with Crippen LogP contribution in [0.4, 0.5) is 0 Å². The molecule has 20 radical (unpaired) electrons. The number of fused-ring (bicyclic) bond motifs is 6. The summed E-state index contributed by atoms with van der Waals surface area (Å²) >= 11 is 0. The molecule has 13 heteroatoms. The molecule has 0 saturated heterocycles. The van der Waals surface area contributed by atoms with E-state index in [4.69, 9.17) is 78.5 Å². The van der Waals surface area contributed by atoms with E-state index in [0.717, 1.165) is 96.7 Å². The van der Waals surface area contributed by atoms with Crippen molar-refractivity contribution in [1.82, 2.24) is 9.13 Å². The maximum atomic E-state index is 7.28. The van der Waals surface area contributed by atoms with Gasteiger partial charge in [0.05, 0.1) is 27.8 Å². The Morgan fingerprint density at radius 2 is 0.671 bits per heavy atom. The fourth-order valence-electron chi connectivity index (χ4n) is 11.8. The first-order chi connectivity index (χ1) is 38.4. The predicted molar refractivity (Wildman–Crippen MR) is 345 cm³/mol. The second kappa shape index (κ2) is 19.7. The average Bonchev–Trinajstić information content (AvgIpc) is 4.17. The molecule has 0 fully saturated rings. The third kappa shape index (κ3) is 7.71. The topological polar surface area (TPSA) is 9.86 Å². The van der Waals surface area contributed by atoms with Crippen LogP contribution in [0.25, 0.3) is 88.4 Å². The highest BCUT2D eigenvalue weighted by molar-refractivity contribution is 8.34. The van der Waals surface area contributed by atoms with Gasteiger partial charge in [-0.3, -0.25) is 0 Å². The van der Waals surface area contributed by atoms with Gasteiger partial charge in [0.25, 0.3) is 0 Å². The highest BCUT2D eigenvalue weighted by Crippen LogP contribution is 2.74. The minimum Gasteiger partial charge on any atom is -0.310 e. The zero-order valence-corrected chi connectivity index (χ0v) is 43.7. The average molecular weight is 997 g/mol. The molecule has 0 aliphatic rings. The van der Waals surface area contributed by atoms with E-state index in [1.54, 1.807) is 0 Å². The van der Waals surface area contributed by atoms with E-state index in [0.29, 0.717) is 11.3 Å². The lowest BCUT2D eigenvalue weighted by Gasteiger charge is -2.43. The predicted octanol–water partition coefficient (Wildman–Crippen LogP) is 6.16. The lowest BCUT2D eigenvalue weighted by molar-refractivity contribution is 1.17. The first kappa shape index (κ1) is 50.5. The van der Waals surface area contributed by atoms with Crippen LogP contribution in [-0.4, -0.2) is 87.6 Å². The largest absolute Gasteiger partial charge is 0.310 e. The van der Waals surface area contributed by atoms with Gasteiger partial charge in [0.2, 0.25) is 0 Å². The molecule has 0 aliphatic heterocycles. The van der Waals surface area contributed by atoms with E-state index in [-0.39, 0.29) is 54.6 Å². The summed E-state index contributed by atoms with van der Waals surface area (Å²) in [4.78, 5) is 4.44. The molecule has 2 nitrogen and oxygen atoms in total. The van der Waals surface area contributed by atoms with Crippen LogP contribution >= 0.6 is 10.0 Å². The molecule has 13 aromatic rings. The third-order valence-electron chi connectivity index (χ3n) is 15.6. The van der Waals surface area contributed by atoms with Crippen molar-refractivity contribution < 1.29 is 0 Å². The summed E-state index contributed by atoms with van der Waals surface area (Å²) in [5.74, 6) is 0. The molecule has 0 atom stereocenters. The van der Waals surface area contributed by atoms with Crippen LogP contribution < -0.4 is 54.6 Å². The van der Waals surface area contributed by atoms with E-state index in [1.807, 2.05) is 34.9 Å². The van der Waals surface area contributed by atoms with Crippen molar-refractivity contribution in [3.05, 3.63) is 218 Å². The van der Waals surface area contributed by atoms with Crippen molar-refractivity contribution in [3.8, 4) is 44.8 Å². The zero-order chi connectivity index (χ0) is 54.4. The van der Waals surface area contributed by atoms with Crippen molar-refractivity contribution in [3.63, 3.8) is 0 Å². The highest BCUT2D eigenvalue weighted by Gasteiger charge is 2.36. The summed E-state index contributed by atoms with van der Waals surface area (Å²) in [5.41, 5.74) is 11.9. The molecule has 0 saturated carbocycles. The third-order valence-corrected chi connectivity index (χ3v) is 19.5. The van der Waals surface area contributed by atoms with E-state index in [2.05, 4.69) is 193 Å². The van der Waals surface area contributed by atoms with Crippen LogP contribution in [-0.2, 0) is 0 Å². The number of aromatic nitrogens is 2. The lowest BCUT2D eigenvalue weighted by atomic mass is 9.59. The van der Waals surface area contributed by atoms with Gasteiger partial charge in [0.15, 0.2) is 0 Å². The van der Waals surface area contributed by atoms with Gasteiger partial charge in [0.1, 0.15) is 78.5 Å². The molecule has 11 aromatic carbocycles. The molecule has 2 heterocycles. The molecular formula is C66H36B10N2S. The summed E-state index contributed by atoms with van der Waals surface area (Å²) in [6.07, 6.45) is 0. The quantitative estimate of drug-likeness (QED) is 0.154. The SMILES string of the molecule is [B]c1c([B])c([B])c(-c2cc(S(c3ccccc3)(c3ccccc3)c3ccccc3)cc(-c3ccccc3)c2-n2c3ccccc3c3cc(-c4cccc5c4c4ccccc4n5-c4c([B])c([B])c([B])c([B])c4[B])ccc32)c([B])c1[B]. The van der Waals surface area contributed by atoms with Crippen molar-refractivity contribution in [2.75, 3.05) is 0 Å². The summed E-state index contributed by atoms with van der Waals surface area (Å²) < 4.78 is 4.36. The van der Waals surface area contributed by atoms with E-state index >= 15 is 0 Å². The fourth-order valence-corrected chi connectivity index (χ4v) is 15.8. The summed E-state index contributed by atoms with van der Waals surface area (Å²) in [7, 11) is 65.5. The zero-order valence-electron chi connectivity index (χ0n) is 42.9. The fraction of sp³-hybridized carbons (Fsp3) is 0. The summed E-state index contributed by atoms with van der Waals surface area (Å²) in [5, 5.41) is 4.00. The van der Waals surface area contributed by atoms with Gasteiger partial charge in [-0.05, 0) is 101 Å². The summed E-state index contributed by atoms with van der Waals surface area (Å²) in [6, 6.07) is 76.7. The molecule has 13 rings (SSSR count). The number of hydrogen-bond acceptors (Lipinski definition) is 0. The minimum absolute atomic E-state index is 0.133. The molecule has 0 unspecified atom stereocenters. The van der Waals surface area contributed by atoms with Crippen LogP contribution in [0, 0.1) is 0 Å². The number of rotatable bonds is 9. The minimum atomic E-state index is -2.31. The van der Waals surface area contributed by atoms with Gasteiger partial charge in [-0.25, -0.2) is 0 Å². The molecule has 346 valence electrons. The number of hydrogen-bond donors (Lipinski definition) is 0. The molecule has 0 spiro atoms. The molecule has 2 aromatic heterocycles. The van der Waals surface area contributed by atoms with Crippen molar-refractivity contribution in [2.24, 2.45) is 0 Å². The maximum Gasteiger partial charge on any atom is 0.115 e. The van der Waals surface area contributed by atoms with Crippen molar-refractivity contribution >= 4 is 187 Å². The van der Waals surface area contributed by atoms with Crippen LogP contribution in [0.5, 0.6) is 0 Å². The molecule has 0 amide bonds. The molecule has 0 bridgehead atoms. The number of benzene rings is 11.